The molecule has 2 rings (SSSR count). The molecule has 0 saturated carbocycles. The van der Waals surface area contributed by atoms with Crippen molar-refractivity contribution < 1.29 is 9.63 Å². The maximum Gasteiger partial charge on any atom is 0.155 e. The van der Waals surface area contributed by atoms with E-state index in [1.165, 1.54) is 5.56 Å². The molecule has 1 N–H and O–H groups in total. The molecule has 28 heavy (non-hydrogen) atoms. The largest absolute Gasteiger partial charge is 0.298 e. The van der Waals surface area contributed by atoms with Gasteiger partial charge in [-0.05, 0) is 31.7 Å². The van der Waals surface area contributed by atoms with Crippen molar-refractivity contribution in [3.8, 4) is 0 Å². The number of carbonyl (C=O) groups excluding carboxylic acids is 1. The number of nitrogens with zero attached hydrogens (tertiary/aromatic N) is 3. The van der Waals surface area contributed by atoms with Gasteiger partial charge in [-0.2, -0.15) is 0 Å². The Morgan fingerprint density at radius 1 is 1.39 bits per heavy atom. The van der Waals surface area contributed by atoms with Crippen LogP contribution in [-0.2, 0) is 16.1 Å². The van der Waals surface area contributed by atoms with Gasteiger partial charge < -0.3 is 0 Å². The second kappa shape index (κ2) is 12.3. The maximum atomic E-state index is 11.1. The van der Waals surface area contributed by atoms with Crippen LogP contribution in [0.3, 0.4) is 0 Å². The Morgan fingerprint density at radius 2 is 2.18 bits per heavy atom. The van der Waals surface area contributed by atoms with Crippen molar-refractivity contribution in [2.45, 2.75) is 45.6 Å². The lowest BCUT2D eigenvalue weighted by Crippen LogP contribution is -2.26. The van der Waals surface area contributed by atoms with Crippen molar-refractivity contribution in [3.63, 3.8) is 0 Å². The first-order chi connectivity index (χ1) is 13.6. The summed E-state index contributed by atoms with van der Waals surface area (Å²) in [5.74, 6) is 0.362. The average molecular weight is 400 g/mol. The molecule has 1 heterocycles. The van der Waals surface area contributed by atoms with Gasteiger partial charge in [-0.1, -0.05) is 43.8 Å². The summed E-state index contributed by atoms with van der Waals surface area (Å²) in [5, 5.41) is 0. The fraction of sp³-hybridized carbons (Fsp3) is 0.429. The standard InChI is InChI=1S/C21H29N4O2P/c1-4-14-27-25-21(17(2)15-26)22-16-28-20(24-18(3)12-13-23-28)11-10-19-8-6-5-7-9-19/h5-9,13,15,18H,2,4,10-12,14,16H2,1,3H3,(H,22,25). The Hall–Kier alpha value is -2.17. The van der Waals surface area contributed by atoms with Crippen molar-refractivity contribution in [2.75, 3.05) is 12.9 Å². The van der Waals surface area contributed by atoms with Crippen LogP contribution in [0.4, 0.5) is 0 Å². The molecule has 1 aromatic rings. The normalized spacial score (nSPS) is 19.6. The van der Waals surface area contributed by atoms with Gasteiger partial charge >= 0.3 is 0 Å². The molecule has 7 heteroatoms. The number of hydrogen-bond donors (Lipinski definition) is 1. The molecule has 1 aliphatic rings. The molecule has 0 bridgehead atoms. The average Bonchev–Trinajstić information content (AvgIpc) is 2.90. The molecule has 2 unspecified atom stereocenters. The van der Waals surface area contributed by atoms with E-state index in [4.69, 9.17) is 14.6 Å². The summed E-state index contributed by atoms with van der Waals surface area (Å²) >= 11 is 0. The third kappa shape index (κ3) is 7.45. The third-order valence-corrected chi connectivity index (χ3v) is 5.89. The van der Waals surface area contributed by atoms with Crippen LogP contribution >= 0.6 is 8.07 Å². The summed E-state index contributed by atoms with van der Waals surface area (Å²) in [5.41, 5.74) is 5.40. The molecule has 0 spiro atoms. The summed E-state index contributed by atoms with van der Waals surface area (Å²) in [4.78, 5) is 25.9. The second-order valence-corrected chi connectivity index (χ2v) is 8.38. The zero-order valence-electron chi connectivity index (χ0n) is 16.7. The van der Waals surface area contributed by atoms with Crippen molar-refractivity contribution in [2.24, 2.45) is 14.7 Å². The predicted molar refractivity (Wildman–Crippen MR) is 119 cm³/mol. The quantitative estimate of drug-likeness (QED) is 0.121. The van der Waals surface area contributed by atoms with E-state index in [9.17, 15) is 4.79 Å². The molecule has 1 aliphatic heterocycles. The van der Waals surface area contributed by atoms with Gasteiger partial charge in [0.1, 0.15) is 0 Å². The topological polar surface area (TPSA) is 75.4 Å². The minimum atomic E-state index is -0.886. The Morgan fingerprint density at radius 3 is 2.89 bits per heavy atom. The van der Waals surface area contributed by atoms with Gasteiger partial charge in [0.2, 0.25) is 0 Å². The number of aryl methyl sites for hydroxylation is 1. The number of nitrogens with one attached hydrogen (secondary N) is 1. The number of aldehydes is 1. The first-order valence-electron chi connectivity index (χ1n) is 9.61. The van der Waals surface area contributed by atoms with Crippen LogP contribution in [-0.4, -0.2) is 42.7 Å². The minimum absolute atomic E-state index is 0.224. The monoisotopic (exact) mass is 400 g/mol. The number of amidine groups is 1. The highest BCUT2D eigenvalue weighted by molar-refractivity contribution is 7.74. The molecule has 150 valence electrons. The van der Waals surface area contributed by atoms with E-state index in [-0.39, 0.29) is 11.6 Å². The highest BCUT2D eigenvalue weighted by atomic mass is 31.1. The molecule has 0 radical (unpaired) electrons. The number of hydroxylamine groups is 1. The summed E-state index contributed by atoms with van der Waals surface area (Å²) < 4.78 is 4.74. The van der Waals surface area contributed by atoms with E-state index in [1.54, 1.807) is 0 Å². The zero-order chi connectivity index (χ0) is 20.2. The van der Waals surface area contributed by atoms with Gasteiger partial charge in [0.25, 0.3) is 0 Å². The van der Waals surface area contributed by atoms with Gasteiger partial charge in [0, 0.05) is 12.6 Å². The fourth-order valence-electron chi connectivity index (χ4n) is 2.57. The van der Waals surface area contributed by atoms with E-state index in [1.807, 2.05) is 19.2 Å². The molecule has 0 aliphatic carbocycles. The lowest BCUT2D eigenvalue weighted by atomic mass is 10.1. The highest BCUT2D eigenvalue weighted by Gasteiger charge is 2.19. The maximum absolute atomic E-state index is 11.1. The lowest BCUT2D eigenvalue weighted by molar-refractivity contribution is -0.104. The minimum Gasteiger partial charge on any atom is -0.298 e. The van der Waals surface area contributed by atoms with Crippen LogP contribution in [0.15, 0.2) is 57.2 Å². The number of benzene rings is 1. The molecular weight excluding hydrogens is 371 g/mol. The van der Waals surface area contributed by atoms with E-state index >= 15 is 0 Å². The first-order valence-corrected chi connectivity index (χ1v) is 11.1. The van der Waals surface area contributed by atoms with Crippen LogP contribution in [0.2, 0.25) is 0 Å². The highest BCUT2D eigenvalue weighted by Crippen LogP contribution is 2.42. The summed E-state index contributed by atoms with van der Waals surface area (Å²) in [6.07, 6.45) is 6.57. The summed E-state index contributed by atoms with van der Waals surface area (Å²) in [6, 6.07) is 10.6. The number of rotatable bonds is 10. The van der Waals surface area contributed by atoms with E-state index in [0.29, 0.717) is 25.0 Å². The Balaban J connectivity index is 2.10. The molecule has 2 atom stereocenters. The van der Waals surface area contributed by atoms with Crippen molar-refractivity contribution in [1.29, 1.82) is 0 Å². The van der Waals surface area contributed by atoms with Gasteiger partial charge in [-0.15, -0.1) is 0 Å². The smallest absolute Gasteiger partial charge is 0.155 e. The van der Waals surface area contributed by atoms with Gasteiger partial charge in [-0.25, -0.2) is 5.48 Å². The Labute approximate surface area is 168 Å². The predicted octanol–water partition coefficient (Wildman–Crippen LogP) is 4.32. The second-order valence-electron chi connectivity index (χ2n) is 6.55. The third-order valence-electron chi connectivity index (χ3n) is 4.10. The molecular formula is C21H29N4O2P. The fourth-order valence-corrected chi connectivity index (χ4v) is 4.20. The first kappa shape index (κ1) is 22.1. The molecule has 0 fully saturated rings. The SMILES string of the molecule is C=C(C=O)C(=NCP1N=CCC(C)N=C1CCc1ccccc1)NOCCC. The molecule has 0 saturated heterocycles. The summed E-state index contributed by atoms with van der Waals surface area (Å²) in [7, 11) is -0.886. The van der Waals surface area contributed by atoms with Crippen LogP contribution in [0.1, 0.15) is 38.7 Å². The van der Waals surface area contributed by atoms with Gasteiger partial charge in [0.05, 0.1) is 38.0 Å². The van der Waals surface area contributed by atoms with E-state index < -0.39 is 8.07 Å². The Kier molecular flexibility index (Phi) is 9.73. The van der Waals surface area contributed by atoms with Crippen LogP contribution in [0.25, 0.3) is 0 Å². The number of carbonyl (C=O) groups is 1. The zero-order valence-corrected chi connectivity index (χ0v) is 17.6. The van der Waals surface area contributed by atoms with Gasteiger partial charge in [-0.3, -0.25) is 24.4 Å². The lowest BCUT2D eigenvalue weighted by Gasteiger charge is -2.15. The number of hydrogen-bond acceptors (Lipinski definition) is 5. The number of aliphatic imine (C=N–C) groups is 2. The molecule has 1 aromatic carbocycles. The van der Waals surface area contributed by atoms with Crippen molar-refractivity contribution in [1.82, 2.24) is 5.48 Å². The van der Waals surface area contributed by atoms with Crippen LogP contribution in [0.5, 0.6) is 0 Å². The van der Waals surface area contributed by atoms with Crippen molar-refractivity contribution >= 4 is 31.9 Å². The molecule has 0 aromatic heterocycles. The van der Waals surface area contributed by atoms with Crippen LogP contribution in [0, 0.1) is 0 Å². The molecule has 6 nitrogen and oxygen atoms in total. The van der Waals surface area contributed by atoms with Crippen molar-refractivity contribution in [3.05, 3.63) is 48.0 Å². The van der Waals surface area contributed by atoms with Gasteiger partial charge in [0.15, 0.2) is 12.1 Å². The van der Waals surface area contributed by atoms with Crippen LogP contribution < -0.4 is 5.48 Å². The molecule has 0 amide bonds. The van der Waals surface area contributed by atoms with E-state index in [2.05, 4.69) is 48.2 Å². The summed E-state index contributed by atoms with van der Waals surface area (Å²) in [6.45, 7) is 8.38. The van der Waals surface area contributed by atoms with E-state index in [0.717, 1.165) is 31.1 Å². The Bertz CT molecular complexity index is 731.